The van der Waals surface area contributed by atoms with E-state index in [0.29, 0.717) is 0 Å². The lowest BCUT2D eigenvalue weighted by Gasteiger charge is -2.09. The first-order valence-electron chi connectivity index (χ1n) is 5.68. The summed E-state index contributed by atoms with van der Waals surface area (Å²) in [5, 5.41) is 9.50. The van der Waals surface area contributed by atoms with Crippen LogP contribution in [-0.4, -0.2) is 5.11 Å². The van der Waals surface area contributed by atoms with Crippen LogP contribution in [0.5, 0.6) is 11.5 Å². The molecule has 88 valence electrons. The van der Waals surface area contributed by atoms with Crippen molar-refractivity contribution in [2.75, 3.05) is 0 Å². The van der Waals surface area contributed by atoms with Crippen molar-refractivity contribution in [2.45, 2.75) is 20.0 Å². The lowest BCUT2D eigenvalue weighted by molar-refractivity contribution is 0.199. The van der Waals surface area contributed by atoms with Crippen LogP contribution in [-0.2, 0) is 0 Å². The van der Waals surface area contributed by atoms with Crippen molar-refractivity contribution in [3.8, 4) is 11.5 Å². The molecule has 0 spiro atoms. The Bertz CT molecular complexity index is 487. The van der Waals surface area contributed by atoms with Crippen molar-refractivity contribution in [3.63, 3.8) is 0 Å². The van der Waals surface area contributed by atoms with Gasteiger partial charge >= 0.3 is 0 Å². The van der Waals surface area contributed by atoms with Crippen LogP contribution in [0, 0.1) is 6.92 Å². The molecule has 0 amide bonds. The number of aryl methyl sites for hydroxylation is 1. The van der Waals surface area contributed by atoms with E-state index in [1.54, 1.807) is 6.92 Å². The van der Waals surface area contributed by atoms with E-state index in [4.69, 9.17) is 4.74 Å². The molecule has 0 saturated carbocycles. The second-order valence-corrected chi connectivity index (χ2v) is 4.16. The zero-order chi connectivity index (χ0) is 12.3. The van der Waals surface area contributed by atoms with E-state index >= 15 is 0 Å². The molecule has 0 bridgehead atoms. The molecule has 0 saturated heterocycles. The summed E-state index contributed by atoms with van der Waals surface area (Å²) < 4.78 is 5.71. The van der Waals surface area contributed by atoms with Crippen molar-refractivity contribution in [2.24, 2.45) is 0 Å². The van der Waals surface area contributed by atoms with Crippen LogP contribution in [0.4, 0.5) is 0 Å². The number of ether oxygens (including phenoxy) is 1. The highest BCUT2D eigenvalue weighted by Crippen LogP contribution is 2.24. The van der Waals surface area contributed by atoms with Crippen LogP contribution in [0.2, 0.25) is 0 Å². The number of hydrogen-bond donors (Lipinski definition) is 1. The van der Waals surface area contributed by atoms with E-state index in [1.165, 1.54) is 5.56 Å². The van der Waals surface area contributed by atoms with E-state index in [2.05, 4.69) is 0 Å². The molecule has 2 nitrogen and oxygen atoms in total. The molecule has 0 radical (unpaired) electrons. The van der Waals surface area contributed by atoms with Crippen LogP contribution in [0.3, 0.4) is 0 Å². The third-order valence-electron chi connectivity index (χ3n) is 2.60. The average molecular weight is 228 g/mol. The molecule has 2 aromatic carbocycles. The molecule has 0 fully saturated rings. The molecule has 1 atom stereocenters. The lowest BCUT2D eigenvalue weighted by atomic mass is 10.1. The average Bonchev–Trinajstić information content (AvgIpc) is 2.32. The topological polar surface area (TPSA) is 29.5 Å². The molecule has 2 aromatic rings. The number of hydrogen-bond acceptors (Lipinski definition) is 2. The van der Waals surface area contributed by atoms with Crippen molar-refractivity contribution in [1.29, 1.82) is 0 Å². The molecule has 17 heavy (non-hydrogen) atoms. The second kappa shape index (κ2) is 5.02. The number of rotatable bonds is 3. The maximum absolute atomic E-state index is 9.50. The van der Waals surface area contributed by atoms with E-state index in [9.17, 15) is 5.11 Å². The maximum atomic E-state index is 9.50. The molecular weight excluding hydrogens is 212 g/mol. The molecule has 0 aliphatic rings. The fourth-order valence-electron chi connectivity index (χ4n) is 1.58. The van der Waals surface area contributed by atoms with Crippen molar-refractivity contribution >= 4 is 0 Å². The van der Waals surface area contributed by atoms with Crippen LogP contribution < -0.4 is 4.74 Å². The largest absolute Gasteiger partial charge is 0.457 e. The minimum Gasteiger partial charge on any atom is -0.457 e. The van der Waals surface area contributed by atoms with Gasteiger partial charge in [-0.25, -0.2) is 0 Å². The summed E-state index contributed by atoms with van der Waals surface area (Å²) in [7, 11) is 0. The highest BCUT2D eigenvalue weighted by Gasteiger charge is 2.03. The zero-order valence-electron chi connectivity index (χ0n) is 10.1. The fourth-order valence-corrected chi connectivity index (χ4v) is 1.58. The van der Waals surface area contributed by atoms with Gasteiger partial charge in [0, 0.05) is 0 Å². The minimum atomic E-state index is -0.475. The Hall–Kier alpha value is -1.80. The van der Waals surface area contributed by atoms with Crippen LogP contribution >= 0.6 is 0 Å². The fraction of sp³-hybridized carbons (Fsp3) is 0.200. The molecule has 2 heteroatoms. The quantitative estimate of drug-likeness (QED) is 0.864. The molecule has 2 rings (SSSR count). The van der Waals surface area contributed by atoms with Gasteiger partial charge in [-0.05, 0) is 43.7 Å². The van der Waals surface area contributed by atoms with Crippen molar-refractivity contribution < 1.29 is 9.84 Å². The van der Waals surface area contributed by atoms with Gasteiger partial charge in [-0.15, -0.1) is 0 Å². The molecule has 0 heterocycles. The summed E-state index contributed by atoms with van der Waals surface area (Å²) in [6.07, 6.45) is -0.475. The maximum Gasteiger partial charge on any atom is 0.127 e. The first-order valence-corrected chi connectivity index (χ1v) is 5.68. The third kappa shape index (κ3) is 3.08. The first kappa shape index (κ1) is 11.7. The number of aliphatic hydroxyl groups is 1. The summed E-state index contributed by atoms with van der Waals surface area (Å²) in [5.41, 5.74) is 2.06. The molecular formula is C15H16O2. The number of aliphatic hydroxyl groups excluding tert-OH is 1. The second-order valence-electron chi connectivity index (χ2n) is 4.16. The van der Waals surface area contributed by atoms with Crippen LogP contribution in [0.15, 0.2) is 48.5 Å². The molecule has 0 aliphatic carbocycles. The predicted molar refractivity (Wildman–Crippen MR) is 68.3 cm³/mol. The molecule has 1 N–H and O–H groups in total. The Morgan fingerprint density at radius 3 is 2.35 bits per heavy atom. The van der Waals surface area contributed by atoms with Gasteiger partial charge in [-0.3, -0.25) is 0 Å². The van der Waals surface area contributed by atoms with Gasteiger partial charge < -0.3 is 9.84 Å². The van der Waals surface area contributed by atoms with Crippen molar-refractivity contribution in [1.82, 2.24) is 0 Å². The van der Waals surface area contributed by atoms with Crippen LogP contribution in [0.1, 0.15) is 24.2 Å². The predicted octanol–water partition coefficient (Wildman–Crippen LogP) is 3.84. The minimum absolute atomic E-state index is 0.475. The number of benzene rings is 2. The van der Waals surface area contributed by atoms with Crippen molar-refractivity contribution in [3.05, 3.63) is 59.7 Å². The molecule has 1 unspecified atom stereocenters. The highest BCUT2D eigenvalue weighted by atomic mass is 16.5. The summed E-state index contributed by atoms with van der Waals surface area (Å²) in [5.74, 6) is 1.55. The summed E-state index contributed by atoms with van der Waals surface area (Å²) in [4.78, 5) is 0. The van der Waals surface area contributed by atoms with Gasteiger partial charge in [0.2, 0.25) is 0 Å². The zero-order valence-corrected chi connectivity index (χ0v) is 10.1. The lowest BCUT2D eigenvalue weighted by Crippen LogP contribution is -1.91. The van der Waals surface area contributed by atoms with Gasteiger partial charge in [0.15, 0.2) is 0 Å². The van der Waals surface area contributed by atoms with Gasteiger partial charge in [0.25, 0.3) is 0 Å². The standard InChI is InChI=1S/C15H16O2/c1-11-6-8-14(9-7-11)17-15-5-3-4-13(10-15)12(2)16/h3-10,12,16H,1-2H3. The van der Waals surface area contributed by atoms with E-state index in [1.807, 2.05) is 55.5 Å². The van der Waals surface area contributed by atoms with Gasteiger partial charge in [0.05, 0.1) is 6.10 Å². The molecule has 0 aliphatic heterocycles. The smallest absolute Gasteiger partial charge is 0.127 e. The van der Waals surface area contributed by atoms with Gasteiger partial charge in [-0.1, -0.05) is 29.8 Å². The van der Waals surface area contributed by atoms with Gasteiger partial charge in [0.1, 0.15) is 11.5 Å². The first-order chi connectivity index (χ1) is 8.15. The summed E-state index contributed by atoms with van der Waals surface area (Å²) in [6.45, 7) is 3.78. The summed E-state index contributed by atoms with van der Waals surface area (Å²) in [6, 6.07) is 15.4. The van der Waals surface area contributed by atoms with E-state index in [-0.39, 0.29) is 0 Å². The summed E-state index contributed by atoms with van der Waals surface area (Å²) >= 11 is 0. The molecule has 0 aromatic heterocycles. The Kier molecular flexibility index (Phi) is 3.45. The Morgan fingerprint density at radius 1 is 1.00 bits per heavy atom. The highest BCUT2D eigenvalue weighted by molar-refractivity contribution is 5.35. The Labute approximate surface area is 101 Å². The van der Waals surface area contributed by atoms with Crippen LogP contribution in [0.25, 0.3) is 0 Å². The normalized spacial score (nSPS) is 12.2. The SMILES string of the molecule is Cc1ccc(Oc2cccc(C(C)O)c2)cc1. The van der Waals surface area contributed by atoms with E-state index < -0.39 is 6.10 Å². The van der Waals surface area contributed by atoms with Gasteiger partial charge in [-0.2, -0.15) is 0 Å². The Balaban J connectivity index is 2.18. The van der Waals surface area contributed by atoms with E-state index in [0.717, 1.165) is 17.1 Å². The third-order valence-corrected chi connectivity index (χ3v) is 2.60. The Morgan fingerprint density at radius 2 is 1.71 bits per heavy atom. The monoisotopic (exact) mass is 228 g/mol.